The highest BCUT2D eigenvalue weighted by Crippen LogP contribution is 2.29. The first-order valence-corrected chi connectivity index (χ1v) is 5.90. The lowest BCUT2D eigenvalue weighted by Gasteiger charge is -2.23. The van der Waals surface area contributed by atoms with E-state index < -0.39 is 0 Å². The minimum absolute atomic E-state index is 0.350. The SMILES string of the molecule is NC1CCC(N2CCC(CCO)C2)C1. The number of nitrogens with zero attached hydrogens (tertiary/aromatic N) is 1. The number of nitrogens with two attached hydrogens (primary N) is 1. The van der Waals surface area contributed by atoms with E-state index in [1.807, 2.05) is 0 Å². The molecule has 0 radical (unpaired) electrons. The highest BCUT2D eigenvalue weighted by molar-refractivity contribution is 4.88. The van der Waals surface area contributed by atoms with E-state index in [2.05, 4.69) is 4.90 Å². The van der Waals surface area contributed by atoms with Crippen LogP contribution >= 0.6 is 0 Å². The summed E-state index contributed by atoms with van der Waals surface area (Å²) in [6.45, 7) is 2.77. The van der Waals surface area contributed by atoms with Crippen molar-refractivity contribution in [3.05, 3.63) is 0 Å². The fourth-order valence-electron chi connectivity index (χ4n) is 2.94. The predicted octanol–water partition coefficient (Wildman–Crippen LogP) is 0.570. The van der Waals surface area contributed by atoms with E-state index in [9.17, 15) is 0 Å². The first-order valence-electron chi connectivity index (χ1n) is 5.90. The molecule has 14 heavy (non-hydrogen) atoms. The van der Waals surface area contributed by atoms with Crippen molar-refractivity contribution in [3.8, 4) is 0 Å². The van der Waals surface area contributed by atoms with Gasteiger partial charge in [-0.3, -0.25) is 0 Å². The molecule has 0 aromatic heterocycles. The third-order valence-electron chi connectivity index (χ3n) is 3.82. The molecule has 1 heterocycles. The number of aliphatic hydroxyl groups is 1. The van der Waals surface area contributed by atoms with E-state index in [-0.39, 0.29) is 0 Å². The number of aliphatic hydroxyl groups excluding tert-OH is 1. The Morgan fingerprint density at radius 3 is 2.79 bits per heavy atom. The predicted molar refractivity (Wildman–Crippen MR) is 57.0 cm³/mol. The Kier molecular flexibility index (Phi) is 3.42. The number of likely N-dealkylation sites (tertiary alicyclic amines) is 1. The van der Waals surface area contributed by atoms with Gasteiger partial charge in [-0.05, 0) is 44.6 Å². The van der Waals surface area contributed by atoms with Crippen LogP contribution in [0.2, 0.25) is 0 Å². The van der Waals surface area contributed by atoms with Crippen molar-refractivity contribution < 1.29 is 5.11 Å². The lowest BCUT2D eigenvalue weighted by molar-refractivity contribution is 0.219. The lowest BCUT2D eigenvalue weighted by Crippen LogP contribution is -2.32. The Morgan fingerprint density at radius 2 is 2.14 bits per heavy atom. The fraction of sp³-hybridized carbons (Fsp3) is 1.00. The molecule has 2 fully saturated rings. The maximum absolute atomic E-state index is 8.88. The largest absolute Gasteiger partial charge is 0.396 e. The summed E-state index contributed by atoms with van der Waals surface area (Å²) in [5.41, 5.74) is 5.92. The quantitative estimate of drug-likeness (QED) is 0.697. The zero-order chi connectivity index (χ0) is 9.97. The molecule has 0 spiro atoms. The summed E-state index contributed by atoms with van der Waals surface area (Å²) in [6.07, 6.45) is 5.92. The number of hydrogen-bond acceptors (Lipinski definition) is 3. The molecule has 3 heteroatoms. The summed E-state index contributed by atoms with van der Waals surface area (Å²) in [5, 5.41) is 8.88. The maximum Gasteiger partial charge on any atom is 0.0434 e. The van der Waals surface area contributed by atoms with Crippen molar-refractivity contribution in [1.82, 2.24) is 4.90 Å². The van der Waals surface area contributed by atoms with Gasteiger partial charge in [0.15, 0.2) is 0 Å². The molecule has 1 saturated carbocycles. The molecule has 0 aromatic rings. The van der Waals surface area contributed by atoms with E-state index in [1.165, 1.54) is 38.8 Å². The monoisotopic (exact) mass is 198 g/mol. The van der Waals surface area contributed by atoms with E-state index >= 15 is 0 Å². The van der Waals surface area contributed by atoms with Crippen molar-refractivity contribution in [1.29, 1.82) is 0 Å². The zero-order valence-electron chi connectivity index (χ0n) is 8.86. The third-order valence-corrected chi connectivity index (χ3v) is 3.82. The average molecular weight is 198 g/mol. The summed E-state index contributed by atoms with van der Waals surface area (Å²) in [7, 11) is 0. The van der Waals surface area contributed by atoms with Gasteiger partial charge in [-0.2, -0.15) is 0 Å². The smallest absolute Gasteiger partial charge is 0.0434 e. The molecule has 82 valence electrons. The average Bonchev–Trinajstić information content (AvgIpc) is 2.74. The first-order chi connectivity index (χ1) is 6.79. The van der Waals surface area contributed by atoms with Gasteiger partial charge in [0.1, 0.15) is 0 Å². The van der Waals surface area contributed by atoms with Crippen LogP contribution < -0.4 is 5.73 Å². The van der Waals surface area contributed by atoms with Crippen molar-refractivity contribution >= 4 is 0 Å². The molecule has 2 rings (SSSR count). The molecule has 1 saturated heterocycles. The Labute approximate surface area is 86.3 Å². The standard InChI is InChI=1S/C11H22N2O/c12-10-1-2-11(7-10)13-5-3-9(8-13)4-6-14/h9-11,14H,1-8,12H2. The molecule has 3 nitrogen and oxygen atoms in total. The molecule has 3 N–H and O–H groups in total. The Balaban J connectivity index is 1.78. The number of rotatable bonds is 3. The van der Waals surface area contributed by atoms with Crippen LogP contribution in [0, 0.1) is 5.92 Å². The van der Waals surface area contributed by atoms with Crippen molar-refractivity contribution in [3.63, 3.8) is 0 Å². The Hall–Kier alpha value is -0.120. The van der Waals surface area contributed by atoms with Gasteiger partial charge in [0.2, 0.25) is 0 Å². The van der Waals surface area contributed by atoms with Crippen LogP contribution in [0.1, 0.15) is 32.1 Å². The highest BCUT2D eigenvalue weighted by atomic mass is 16.3. The van der Waals surface area contributed by atoms with Gasteiger partial charge in [0.25, 0.3) is 0 Å². The second-order valence-corrected chi connectivity index (χ2v) is 4.89. The Morgan fingerprint density at radius 1 is 1.29 bits per heavy atom. The van der Waals surface area contributed by atoms with Crippen LogP contribution in [0.5, 0.6) is 0 Å². The van der Waals surface area contributed by atoms with Gasteiger partial charge in [0, 0.05) is 25.2 Å². The highest BCUT2D eigenvalue weighted by Gasteiger charge is 2.31. The molecule has 0 bridgehead atoms. The van der Waals surface area contributed by atoms with E-state index in [4.69, 9.17) is 10.8 Å². The van der Waals surface area contributed by atoms with Gasteiger partial charge in [-0.1, -0.05) is 0 Å². The topological polar surface area (TPSA) is 49.5 Å². The van der Waals surface area contributed by atoms with Gasteiger partial charge >= 0.3 is 0 Å². The van der Waals surface area contributed by atoms with Gasteiger partial charge < -0.3 is 15.7 Å². The maximum atomic E-state index is 8.88. The van der Waals surface area contributed by atoms with Crippen LogP contribution in [0.25, 0.3) is 0 Å². The fourth-order valence-corrected chi connectivity index (χ4v) is 2.94. The van der Waals surface area contributed by atoms with Gasteiger partial charge in [-0.15, -0.1) is 0 Å². The zero-order valence-corrected chi connectivity index (χ0v) is 8.86. The second kappa shape index (κ2) is 4.60. The molecule has 2 aliphatic rings. The first kappa shape index (κ1) is 10.4. The number of hydrogen-bond donors (Lipinski definition) is 2. The molecule has 0 aromatic carbocycles. The molecule has 3 atom stereocenters. The molecular formula is C11H22N2O. The van der Waals surface area contributed by atoms with Crippen LogP contribution in [0.15, 0.2) is 0 Å². The molecule has 0 amide bonds. The van der Waals surface area contributed by atoms with Crippen LogP contribution in [-0.4, -0.2) is 41.8 Å². The van der Waals surface area contributed by atoms with E-state index in [1.54, 1.807) is 0 Å². The van der Waals surface area contributed by atoms with Crippen molar-refractivity contribution in [2.45, 2.75) is 44.2 Å². The third kappa shape index (κ3) is 2.27. The molecule has 3 unspecified atom stereocenters. The van der Waals surface area contributed by atoms with E-state index in [0.717, 1.165) is 18.4 Å². The van der Waals surface area contributed by atoms with Crippen LogP contribution in [0.3, 0.4) is 0 Å². The van der Waals surface area contributed by atoms with Gasteiger partial charge in [-0.25, -0.2) is 0 Å². The second-order valence-electron chi connectivity index (χ2n) is 4.89. The van der Waals surface area contributed by atoms with Crippen molar-refractivity contribution in [2.75, 3.05) is 19.7 Å². The van der Waals surface area contributed by atoms with E-state index in [0.29, 0.717) is 12.6 Å². The molecule has 1 aliphatic heterocycles. The van der Waals surface area contributed by atoms with Crippen LogP contribution in [0.4, 0.5) is 0 Å². The molecule has 1 aliphatic carbocycles. The van der Waals surface area contributed by atoms with Gasteiger partial charge in [0.05, 0.1) is 0 Å². The lowest BCUT2D eigenvalue weighted by atomic mass is 10.1. The normalized spacial score (nSPS) is 39.4. The minimum atomic E-state index is 0.350. The van der Waals surface area contributed by atoms with Crippen LogP contribution in [-0.2, 0) is 0 Å². The summed E-state index contributed by atoms with van der Waals surface area (Å²) >= 11 is 0. The van der Waals surface area contributed by atoms with Crippen molar-refractivity contribution in [2.24, 2.45) is 11.7 Å². The summed E-state index contributed by atoms with van der Waals surface area (Å²) in [5.74, 6) is 0.733. The summed E-state index contributed by atoms with van der Waals surface area (Å²) in [6, 6.07) is 1.19. The molecular weight excluding hydrogens is 176 g/mol. The summed E-state index contributed by atoms with van der Waals surface area (Å²) in [4.78, 5) is 2.59. The summed E-state index contributed by atoms with van der Waals surface area (Å²) < 4.78 is 0. The Bertz CT molecular complexity index is 186. The minimum Gasteiger partial charge on any atom is -0.396 e.